The molecule has 2 unspecified atom stereocenters. The maximum absolute atomic E-state index is 12.9. The molecule has 0 amide bonds. The molecule has 79 heavy (non-hydrogen) atoms. The number of likely N-dealkylation sites (N-methyl/N-ethyl adjacent to an activating group) is 1. The van der Waals surface area contributed by atoms with Gasteiger partial charge in [0.25, 0.3) is 6.29 Å². The van der Waals surface area contributed by atoms with E-state index in [1.807, 2.05) is 21.1 Å². The number of carbonyl (C=O) groups is 3. The van der Waals surface area contributed by atoms with Gasteiger partial charge in [-0.3, -0.25) is 9.59 Å². The zero-order valence-corrected chi connectivity index (χ0v) is 50.2. The first-order chi connectivity index (χ1) is 38.6. The van der Waals surface area contributed by atoms with Crippen molar-refractivity contribution in [1.29, 1.82) is 0 Å². The van der Waals surface area contributed by atoms with Crippen LogP contribution in [0.15, 0.2) is 170 Å². The summed E-state index contributed by atoms with van der Waals surface area (Å²) in [6.45, 7) is 4.57. The summed E-state index contributed by atoms with van der Waals surface area (Å²) >= 11 is 0. The maximum atomic E-state index is 12.9. The van der Waals surface area contributed by atoms with E-state index in [1.54, 1.807) is 0 Å². The molecular formula is C70H110NO8+. The minimum Gasteiger partial charge on any atom is -0.477 e. The molecule has 2 atom stereocenters. The van der Waals surface area contributed by atoms with Gasteiger partial charge in [-0.15, -0.1) is 0 Å². The molecule has 9 heteroatoms. The molecule has 0 aliphatic heterocycles. The lowest BCUT2D eigenvalue weighted by Crippen LogP contribution is -2.40. The Labute approximate surface area is 482 Å². The zero-order valence-electron chi connectivity index (χ0n) is 50.2. The molecule has 0 aliphatic rings. The first kappa shape index (κ1) is 73.7. The van der Waals surface area contributed by atoms with Crippen LogP contribution < -0.4 is 0 Å². The number of nitrogens with zero attached hydrogens (tertiary/aromatic N) is 1. The molecule has 0 saturated heterocycles. The summed E-state index contributed by atoms with van der Waals surface area (Å²) in [5.41, 5.74) is 0. The normalized spacial score (nSPS) is 14.0. The predicted molar refractivity (Wildman–Crippen MR) is 336 cm³/mol. The number of aliphatic carboxylic acids is 1. The van der Waals surface area contributed by atoms with Gasteiger partial charge in [-0.25, -0.2) is 4.79 Å². The maximum Gasteiger partial charge on any atom is 0.361 e. The second-order valence-electron chi connectivity index (χ2n) is 20.5. The second-order valence-corrected chi connectivity index (χ2v) is 20.5. The Morgan fingerprint density at radius 1 is 0.380 bits per heavy atom. The fourth-order valence-corrected chi connectivity index (χ4v) is 7.38. The van der Waals surface area contributed by atoms with Crippen LogP contribution in [-0.4, -0.2) is 87.4 Å². The first-order valence-corrected chi connectivity index (χ1v) is 30.3. The van der Waals surface area contributed by atoms with Crippen molar-refractivity contribution in [2.75, 3.05) is 47.5 Å². The molecule has 0 saturated carbocycles. The number of hydrogen-bond donors (Lipinski definition) is 1. The molecule has 0 heterocycles. The number of rotatable bonds is 53. The Hall–Kier alpha value is -5.35. The van der Waals surface area contributed by atoms with E-state index in [-0.39, 0.29) is 38.6 Å². The number of esters is 2. The molecule has 0 bridgehead atoms. The lowest BCUT2D eigenvalue weighted by molar-refractivity contribution is -0.870. The Morgan fingerprint density at radius 3 is 1.01 bits per heavy atom. The number of carboxylic acid groups (broad SMARTS) is 1. The minimum atomic E-state index is -1.53. The van der Waals surface area contributed by atoms with E-state index in [4.69, 9.17) is 18.9 Å². The van der Waals surface area contributed by atoms with Crippen LogP contribution in [0.3, 0.4) is 0 Å². The van der Waals surface area contributed by atoms with E-state index in [0.717, 1.165) is 154 Å². The molecule has 0 aromatic heterocycles. The monoisotopic (exact) mass is 1090 g/mol. The molecule has 1 N–H and O–H groups in total. The third-order valence-electron chi connectivity index (χ3n) is 12.0. The molecule has 0 fully saturated rings. The zero-order chi connectivity index (χ0) is 57.6. The lowest BCUT2D eigenvalue weighted by Gasteiger charge is -2.25. The summed E-state index contributed by atoms with van der Waals surface area (Å²) in [5, 5.41) is 9.72. The van der Waals surface area contributed by atoms with Gasteiger partial charge < -0.3 is 28.5 Å². The number of carbonyl (C=O) groups excluding carboxylic acids is 2. The number of quaternary nitrogens is 1. The number of carboxylic acids is 1. The van der Waals surface area contributed by atoms with E-state index < -0.39 is 24.3 Å². The number of allylic oxidation sites excluding steroid dienone is 28. The van der Waals surface area contributed by atoms with Crippen LogP contribution in [0.4, 0.5) is 0 Å². The topological polar surface area (TPSA) is 108 Å². The van der Waals surface area contributed by atoms with Crippen molar-refractivity contribution in [3.8, 4) is 0 Å². The average Bonchev–Trinajstić information content (AvgIpc) is 3.42. The molecule has 0 rings (SSSR count). The Bertz CT molecular complexity index is 1900. The summed E-state index contributed by atoms with van der Waals surface area (Å²) in [4.78, 5) is 37.5. The summed E-state index contributed by atoms with van der Waals surface area (Å²) in [6, 6.07) is 0. The quantitative estimate of drug-likeness (QED) is 0.0211. The summed E-state index contributed by atoms with van der Waals surface area (Å²) < 4.78 is 22.8. The molecule has 0 radical (unpaired) electrons. The van der Waals surface area contributed by atoms with Gasteiger partial charge in [0.2, 0.25) is 0 Å². The lowest BCUT2D eigenvalue weighted by atomic mass is 10.1. The Morgan fingerprint density at radius 2 is 0.684 bits per heavy atom. The highest BCUT2D eigenvalue weighted by molar-refractivity contribution is 5.71. The molecule has 0 aromatic rings. The van der Waals surface area contributed by atoms with Gasteiger partial charge in [-0.05, 0) is 128 Å². The van der Waals surface area contributed by atoms with E-state index >= 15 is 0 Å². The van der Waals surface area contributed by atoms with Crippen LogP contribution in [-0.2, 0) is 33.3 Å². The highest BCUT2D eigenvalue weighted by atomic mass is 16.7. The van der Waals surface area contributed by atoms with Gasteiger partial charge in [0.15, 0.2) is 6.10 Å². The van der Waals surface area contributed by atoms with E-state index in [1.165, 1.54) is 0 Å². The van der Waals surface area contributed by atoms with E-state index in [2.05, 4.69) is 184 Å². The largest absolute Gasteiger partial charge is 0.477 e. The average molecular weight is 1090 g/mol. The second kappa shape index (κ2) is 58.8. The van der Waals surface area contributed by atoms with Gasteiger partial charge in [-0.1, -0.05) is 223 Å². The van der Waals surface area contributed by atoms with Crippen LogP contribution >= 0.6 is 0 Å². The van der Waals surface area contributed by atoms with Crippen LogP contribution in [0.2, 0.25) is 0 Å². The van der Waals surface area contributed by atoms with Crippen molar-refractivity contribution in [3.63, 3.8) is 0 Å². The van der Waals surface area contributed by atoms with Gasteiger partial charge in [0.1, 0.15) is 13.2 Å². The molecule has 0 spiro atoms. The minimum absolute atomic E-state index is 0.169. The van der Waals surface area contributed by atoms with Crippen molar-refractivity contribution < 1.29 is 42.9 Å². The van der Waals surface area contributed by atoms with Crippen LogP contribution in [0.1, 0.15) is 194 Å². The van der Waals surface area contributed by atoms with Gasteiger partial charge in [0, 0.05) is 12.8 Å². The number of hydrogen-bond acceptors (Lipinski definition) is 7. The fourth-order valence-electron chi connectivity index (χ4n) is 7.38. The summed E-state index contributed by atoms with van der Waals surface area (Å²) in [7, 11) is 5.94. The number of ether oxygens (including phenoxy) is 4. The van der Waals surface area contributed by atoms with Crippen molar-refractivity contribution >= 4 is 17.9 Å². The van der Waals surface area contributed by atoms with E-state index in [0.29, 0.717) is 23.9 Å². The third kappa shape index (κ3) is 60.1. The predicted octanol–water partition coefficient (Wildman–Crippen LogP) is 18.3. The first-order valence-electron chi connectivity index (χ1n) is 30.3. The molecule has 0 aromatic carbocycles. The molecule has 0 aliphatic carbocycles. The highest BCUT2D eigenvalue weighted by Gasteiger charge is 2.25. The van der Waals surface area contributed by atoms with Crippen LogP contribution in [0.25, 0.3) is 0 Å². The standard InChI is InChI=1S/C70H109NO8/c1-6-8-10-12-14-16-18-20-22-24-26-28-30-32-34-36-38-40-42-44-46-48-50-52-54-56-58-60-67(72)77-64-66(65-78-70(69(74)75)76-63-62-71(3,4)5)79-68(73)61-59-57-55-53-51-49-47-45-43-41-39-37-35-33-31-29-27-25-23-21-19-17-15-13-11-9-7-2/h8-11,14-17,20-23,26-29,32-35,38-41,44-47,66,70H,6-7,12-13,18-19,24-25,30-31,36-37,42-43,48-65H2,1-5H3/p+1/b10-8-,11-9-,16-14-,17-15-,22-20-,23-21-,28-26-,29-27-,34-32-,35-33-,40-38-,41-39-,46-44-,47-45-. The number of unbranched alkanes of at least 4 members (excludes halogenated alkanes) is 10. The van der Waals surface area contributed by atoms with Gasteiger partial charge in [-0.2, -0.15) is 0 Å². The smallest absolute Gasteiger partial charge is 0.361 e. The molecule has 442 valence electrons. The molecular weight excluding hydrogens is 983 g/mol. The Kier molecular flexibility index (Phi) is 54.8. The van der Waals surface area contributed by atoms with Crippen molar-refractivity contribution in [2.45, 2.75) is 206 Å². The Balaban J connectivity index is 4.39. The summed E-state index contributed by atoms with van der Waals surface area (Å²) in [6.07, 6.45) is 85.7. The van der Waals surface area contributed by atoms with Crippen molar-refractivity contribution in [2.24, 2.45) is 0 Å². The van der Waals surface area contributed by atoms with Crippen LogP contribution in [0.5, 0.6) is 0 Å². The van der Waals surface area contributed by atoms with Gasteiger partial charge >= 0.3 is 17.9 Å². The third-order valence-corrected chi connectivity index (χ3v) is 12.0. The summed E-state index contributed by atoms with van der Waals surface area (Å²) in [5.74, 6) is -2.08. The SMILES string of the molecule is CC/C=C\C/C=C\C/C=C\C/C=C\C/C=C\C/C=C\C/C=C\CCCCCCCC(=O)OCC(COC(OCC[N+](C)(C)C)C(=O)O)OC(=O)CCCCCCC/C=C\C/C=C\C/C=C\C/C=C\C/C=C\C/C=C\C/C=C\CC. The fraction of sp³-hybridized carbons (Fsp3) is 0.557. The van der Waals surface area contributed by atoms with Crippen LogP contribution in [0, 0.1) is 0 Å². The van der Waals surface area contributed by atoms with Crippen molar-refractivity contribution in [1.82, 2.24) is 0 Å². The van der Waals surface area contributed by atoms with E-state index in [9.17, 15) is 19.5 Å². The van der Waals surface area contributed by atoms with Crippen molar-refractivity contribution in [3.05, 3.63) is 170 Å². The highest BCUT2D eigenvalue weighted by Crippen LogP contribution is 2.13. The van der Waals surface area contributed by atoms with Gasteiger partial charge in [0.05, 0.1) is 34.4 Å². The molecule has 9 nitrogen and oxygen atoms in total.